The molecule has 0 unspecified atom stereocenters. The highest BCUT2D eigenvalue weighted by atomic mass is 35.5. The van der Waals surface area contributed by atoms with Crippen LogP contribution in [0.15, 0.2) is 23.6 Å². The molecule has 96 valence electrons. The van der Waals surface area contributed by atoms with Crippen molar-refractivity contribution in [3.63, 3.8) is 0 Å². The maximum absolute atomic E-state index is 11.1. The van der Waals surface area contributed by atoms with Crippen LogP contribution in [0.1, 0.15) is 31.1 Å². The number of halogens is 1. The van der Waals surface area contributed by atoms with Gasteiger partial charge in [0.05, 0.1) is 5.56 Å². The second-order valence-electron chi connectivity index (χ2n) is 3.17. The van der Waals surface area contributed by atoms with Crippen LogP contribution >= 0.6 is 22.9 Å². The van der Waals surface area contributed by atoms with Gasteiger partial charge in [0.2, 0.25) is 0 Å². The number of esters is 1. The summed E-state index contributed by atoms with van der Waals surface area (Å²) in [6.45, 7) is 5.32. The minimum Gasteiger partial charge on any atom is -0.427 e. The van der Waals surface area contributed by atoms with Gasteiger partial charge in [-0.05, 0) is 29.8 Å². The van der Waals surface area contributed by atoms with Crippen LogP contribution in [0.4, 0.5) is 0 Å². The molecule has 0 atom stereocenters. The van der Waals surface area contributed by atoms with Crippen LogP contribution in [-0.4, -0.2) is 11.2 Å². The second-order valence-corrected chi connectivity index (χ2v) is 4.43. The van der Waals surface area contributed by atoms with Crippen LogP contribution in [0.5, 0.6) is 5.75 Å². The minimum absolute atomic E-state index is 0.395. The van der Waals surface area contributed by atoms with E-state index in [9.17, 15) is 9.59 Å². The van der Waals surface area contributed by atoms with Crippen molar-refractivity contribution < 1.29 is 14.3 Å². The molecule has 1 aromatic carbocycles. The molecule has 3 nitrogen and oxygen atoms in total. The molecule has 0 aliphatic carbocycles. The monoisotopic (exact) mass is 284 g/mol. The fourth-order valence-electron chi connectivity index (χ4n) is 1.39. The molecule has 0 N–H and O–H groups in total. The fourth-order valence-corrected chi connectivity index (χ4v) is 2.53. The molecule has 0 aliphatic rings. The van der Waals surface area contributed by atoms with Gasteiger partial charge in [-0.15, -0.1) is 11.3 Å². The highest BCUT2D eigenvalue weighted by molar-refractivity contribution is 7.17. The molecule has 0 fully saturated rings. The van der Waals surface area contributed by atoms with Crippen molar-refractivity contribution in [2.24, 2.45) is 0 Å². The number of benzene rings is 1. The predicted molar refractivity (Wildman–Crippen MR) is 74.7 cm³/mol. The maximum atomic E-state index is 11.1. The first-order valence-electron chi connectivity index (χ1n) is 5.47. The molecular weight excluding hydrogens is 272 g/mol. The van der Waals surface area contributed by atoms with Crippen molar-refractivity contribution in [1.29, 1.82) is 0 Å². The molecule has 0 aliphatic heterocycles. The molecule has 2 rings (SSSR count). The normalized spacial score (nSPS) is 9.56. The minimum atomic E-state index is -0.508. The van der Waals surface area contributed by atoms with Crippen LogP contribution in [0.3, 0.4) is 0 Å². The van der Waals surface area contributed by atoms with E-state index in [1.54, 1.807) is 23.6 Å². The Bertz CT molecular complexity index is 575. The number of carbonyl (C=O) groups excluding carboxylic acids is 2. The van der Waals surface area contributed by atoms with E-state index in [1.165, 1.54) is 18.3 Å². The topological polar surface area (TPSA) is 43.4 Å². The summed E-state index contributed by atoms with van der Waals surface area (Å²) in [5.41, 5.74) is 0.440. The molecule has 1 aromatic heterocycles. The predicted octanol–water partition coefficient (Wildman–Crippen LogP) is 4.23. The van der Waals surface area contributed by atoms with E-state index >= 15 is 0 Å². The Hall–Kier alpha value is -1.39. The summed E-state index contributed by atoms with van der Waals surface area (Å²) in [6.07, 6.45) is 0. The van der Waals surface area contributed by atoms with Gasteiger partial charge in [-0.3, -0.25) is 9.59 Å². The maximum Gasteiger partial charge on any atom is 0.308 e. The molecule has 5 heteroatoms. The molecule has 0 spiro atoms. The molecule has 0 bridgehead atoms. The third-order valence-corrected chi connectivity index (χ3v) is 3.19. The zero-order valence-corrected chi connectivity index (χ0v) is 11.9. The Balaban J connectivity index is 0.000000771. The van der Waals surface area contributed by atoms with Gasteiger partial charge in [-0.1, -0.05) is 13.8 Å². The van der Waals surface area contributed by atoms with E-state index in [0.29, 0.717) is 16.7 Å². The van der Waals surface area contributed by atoms with Gasteiger partial charge in [-0.25, -0.2) is 0 Å². The SMILES string of the molecule is CC.CC(=O)Oc1ccc2scc(C(=O)Cl)c2c1. The number of carbonyl (C=O) groups is 2. The average molecular weight is 285 g/mol. The Labute approximate surface area is 114 Å². The third-order valence-electron chi connectivity index (χ3n) is 2.02. The van der Waals surface area contributed by atoms with Crippen LogP contribution in [0.25, 0.3) is 10.1 Å². The third kappa shape index (κ3) is 3.31. The lowest BCUT2D eigenvalue weighted by Gasteiger charge is -2.01. The van der Waals surface area contributed by atoms with Gasteiger partial charge >= 0.3 is 5.97 Å². The smallest absolute Gasteiger partial charge is 0.308 e. The lowest BCUT2D eigenvalue weighted by atomic mass is 10.2. The van der Waals surface area contributed by atoms with Crippen LogP contribution < -0.4 is 4.74 Å². The lowest BCUT2D eigenvalue weighted by Crippen LogP contribution is -2.00. The highest BCUT2D eigenvalue weighted by Gasteiger charge is 2.11. The quantitative estimate of drug-likeness (QED) is 0.471. The van der Waals surface area contributed by atoms with Gasteiger partial charge in [-0.2, -0.15) is 0 Å². The zero-order valence-electron chi connectivity index (χ0n) is 10.3. The summed E-state index contributed by atoms with van der Waals surface area (Å²) >= 11 is 6.87. The summed E-state index contributed by atoms with van der Waals surface area (Å²) in [5.74, 6) is 0.0193. The van der Waals surface area contributed by atoms with Crippen molar-refractivity contribution in [3.05, 3.63) is 29.1 Å². The summed E-state index contributed by atoms with van der Waals surface area (Å²) in [7, 11) is 0. The summed E-state index contributed by atoms with van der Waals surface area (Å²) in [6, 6.07) is 5.12. The largest absolute Gasteiger partial charge is 0.427 e. The van der Waals surface area contributed by atoms with Crippen molar-refractivity contribution >= 4 is 44.2 Å². The summed E-state index contributed by atoms with van der Waals surface area (Å²) in [5, 5.41) is 1.90. The Morgan fingerprint density at radius 1 is 1.28 bits per heavy atom. The Morgan fingerprint density at radius 2 is 1.94 bits per heavy atom. The number of fused-ring (bicyclic) bond motifs is 1. The van der Waals surface area contributed by atoms with Crippen molar-refractivity contribution in [2.45, 2.75) is 20.8 Å². The van der Waals surface area contributed by atoms with E-state index in [2.05, 4.69) is 0 Å². The average Bonchev–Trinajstić information content (AvgIpc) is 2.74. The van der Waals surface area contributed by atoms with Gasteiger partial charge in [0, 0.05) is 22.4 Å². The molecular formula is C13H13ClO3S. The summed E-state index contributed by atoms with van der Waals surface area (Å²) < 4.78 is 5.87. The van der Waals surface area contributed by atoms with E-state index in [-0.39, 0.29) is 0 Å². The first-order valence-corrected chi connectivity index (χ1v) is 6.73. The van der Waals surface area contributed by atoms with Gasteiger partial charge in [0.15, 0.2) is 0 Å². The highest BCUT2D eigenvalue weighted by Crippen LogP contribution is 2.30. The number of ether oxygens (including phenoxy) is 1. The Morgan fingerprint density at radius 3 is 2.50 bits per heavy atom. The number of hydrogen-bond acceptors (Lipinski definition) is 4. The number of thiophene rings is 1. The Kier molecular flexibility index (Phi) is 5.31. The fraction of sp³-hybridized carbons (Fsp3) is 0.231. The molecule has 0 saturated carbocycles. The lowest BCUT2D eigenvalue weighted by molar-refractivity contribution is -0.131. The van der Waals surface area contributed by atoms with Crippen molar-refractivity contribution in [3.8, 4) is 5.75 Å². The first-order chi connectivity index (χ1) is 8.58. The molecule has 0 amide bonds. The summed E-state index contributed by atoms with van der Waals surface area (Å²) in [4.78, 5) is 21.9. The van der Waals surface area contributed by atoms with Gasteiger partial charge in [0.25, 0.3) is 5.24 Å². The van der Waals surface area contributed by atoms with Crippen molar-refractivity contribution in [2.75, 3.05) is 0 Å². The zero-order chi connectivity index (χ0) is 13.7. The van der Waals surface area contributed by atoms with E-state index in [4.69, 9.17) is 16.3 Å². The van der Waals surface area contributed by atoms with E-state index < -0.39 is 11.2 Å². The molecule has 0 saturated heterocycles. The molecule has 1 heterocycles. The van der Waals surface area contributed by atoms with Crippen molar-refractivity contribution in [1.82, 2.24) is 0 Å². The van der Waals surface area contributed by atoms with E-state index in [1.807, 2.05) is 13.8 Å². The molecule has 0 radical (unpaired) electrons. The van der Waals surface area contributed by atoms with Crippen LogP contribution in [-0.2, 0) is 4.79 Å². The molecule has 18 heavy (non-hydrogen) atoms. The van der Waals surface area contributed by atoms with Gasteiger partial charge < -0.3 is 4.74 Å². The number of rotatable bonds is 2. The van der Waals surface area contributed by atoms with Gasteiger partial charge in [0.1, 0.15) is 5.75 Å². The second kappa shape index (κ2) is 6.52. The molecule has 2 aromatic rings. The van der Waals surface area contributed by atoms with Crippen LogP contribution in [0.2, 0.25) is 0 Å². The van der Waals surface area contributed by atoms with Crippen LogP contribution in [0, 0.1) is 0 Å². The standard InChI is InChI=1S/C11H7ClO3S.C2H6/c1-6(13)15-7-2-3-10-8(4-7)9(5-16-10)11(12)14;1-2/h2-5H,1H3;1-2H3. The number of hydrogen-bond donors (Lipinski definition) is 0. The van der Waals surface area contributed by atoms with E-state index in [0.717, 1.165) is 4.70 Å². The first kappa shape index (κ1) is 14.7.